The largest absolute Gasteiger partial charge is 0.457 e. The summed E-state index contributed by atoms with van der Waals surface area (Å²) in [7, 11) is 0. The first-order valence-electron chi connectivity index (χ1n) is 13.0. The van der Waals surface area contributed by atoms with Crippen molar-refractivity contribution in [2.45, 2.75) is 24.8 Å². The van der Waals surface area contributed by atoms with Gasteiger partial charge in [-0.3, -0.25) is 9.59 Å². The van der Waals surface area contributed by atoms with E-state index in [1.165, 1.54) is 12.1 Å². The van der Waals surface area contributed by atoms with Gasteiger partial charge in [-0.15, -0.1) is 0 Å². The van der Waals surface area contributed by atoms with E-state index in [4.69, 9.17) is 27.9 Å². The molecule has 4 aromatic rings. The SMILES string of the molecule is O=C(C(Cc1ccccc1)c1c(Cl)cccc1Cl)[C@H]1CN[C@H](C(=O)Nc2ccc(Oc3ccc(F)cc3)cc2)C1. The van der Waals surface area contributed by atoms with Gasteiger partial charge in [-0.2, -0.15) is 0 Å². The molecule has 5 nitrogen and oxygen atoms in total. The second-order valence-electron chi connectivity index (χ2n) is 9.74. The number of halogens is 3. The van der Waals surface area contributed by atoms with Gasteiger partial charge in [-0.05, 0) is 79.1 Å². The number of benzene rings is 4. The number of nitrogens with one attached hydrogen (secondary N) is 2. The van der Waals surface area contributed by atoms with Crippen molar-refractivity contribution in [3.05, 3.63) is 124 Å². The highest BCUT2D eigenvalue weighted by Crippen LogP contribution is 2.37. The van der Waals surface area contributed by atoms with Crippen molar-refractivity contribution in [1.82, 2.24) is 5.32 Å². The lowest BCUT2D eigenvalue weighted by atomic mass is 9.82. The van der Waals surface area contributed by atoms with E-state index < -0.39 is 12.0 Å². The fourth-order valence-corrected chi connectivity index (χ4v) is 5.61. The number of carbonyl (C=O) groups is 2. The second kappa shape index (κ2) is 12.6. The summed E-state index contributed by atoms with van der Waals surface area (Å²) in [6.07, 6.45) is 0.826. The predicted octanol–water partition coefficient (Wildman–Crippen LogP) is 7.44. The number of ether oxygens (including phenoxy) is 1. The number of carbonyl (C=O) groups excluding carboxylic acids is 2. The lowest BCUT2D eigenvalue weighted by Gasteiger charge is -2.22. The summed E-state index contributed by atoms with van der Waals surface area (Å²) in [5.41, 5.74) is 2.22. The topological polar surface area (TPSA) is 67.4 Å². The van der Waals surface area contributed by atoms with E-state index in [-0.39, 0.29) is 23.4 Å². The maximum absolute atomic E-state index is 13.9. The predicted molar refractivity (Wildman–Crippen MR) is 156 cm³/mol. The highest BCUT2D eigenvalue weighted by molar-refractivity contribution is 6.36. The van der Waals surface area contributed by atoms with Crippen LogP contribution < -0.4 is 15.4 Å². The molecule has 1 fully saturated rings. The summed E-state index contributed by atoms with van der Waals surface area (Å²) in [4.78, 5) is 26.9. The number of hydrogen-bond donors (Lipinski definition) is 2. The van der Waals surface area contributed by atoms with Crippen LogP contribution in [0.4, 0.5) is 10.1 Å². The Morgan fingerprint density at radius 2 is 1.50 bits per heavy atom. The third-order valence-electron chi connectivity index (χ3n) is 7.00. The number of Topliss-reactive ketones (excluding diaryl/α,β-unsaturated/α-hetero) is 1. The van der Waals surface area contributed by atoms with Crippen LogP contribution in [-0.4, -0.2) is 24.3 Å². The first-order chi connectivity index (χ1) is 19.4. The van der Waals surface area contributed by atoms with Gasteiger partial charge in [0.1, 0.15) is 23.1 Å². The first kappa shape index (κ1) is 27.8. The zero-order valence-electron chi connectivity index (χ0n) is 21.4. The molecule has 1 heterocycles. The van der Waals surface area contributed by atoms with Gasteiger partial charge in [-0.1, -0.05) is 59.6 Å². The third-order valence-corrected chi connectivity index (χ3v) is 7.65. The minimum Gasteiger partial charge on any atom is -0.457 e. The van der Waals surface area contributed by atoms with Crippen LogP contribution in [0.15, 0.2) is 97.1 Å². The molecule has 0 aromatic heterocycles. The van der Waals surface area contributed by atoms with Crippen LogP contribution in [0.2, 0.25) is 10.0 Å². The van der Waals surface area contributed by atoms with E-state index in [0.29, 0.717) is 52.2 Å². The summed E-state index contributed by atoms with van der Waals surface area (Å²) in [5.74, 6) is -0.408. The maximum Gasteiger partial charge on any atom is 0.241 e. The summed E-state index contributed by atoms with van der Waals surface area (Å²) in [6, 6.07) is 27.1. The minimum atomic E-state index is -0.536. The summed E-state index contributed by atoms with van der Waals surface area (Å²) >= 11 is 13.1. The van der Waals surface area contributed by atoms with Gasteiger partial charge >= 0.3 is 0 Å². The van der Waals surface area contributed by atoms with Crippen molar-refractivity contribution in [2.24, 2.45) is 5.92 Å². The number of ketones is 1. The smallest absolute Gasteiger partial charge is 0.241 e. The molecular weight excluding hydrogens is 550 g/mol. The van der Waals surface area contributed by atoms with Gasteiger partial charge in [0.15, 0.2) is 0 Å². The Morgan fingerprint density at radius 1 is 0.875 bits per heavy atom. The van der Waals surface area contributed by atoms with E-state index >= 15 is 0 Å². The molecule has 8 heteroatoms. The zero-order valence-corrected chi connectivity index (χ0v) is 23.0. The number of hydrogen-bond acceptors (Lipinski definition) is 4. The van der Waals surface area contributed by atoms with Crippen LogP contribution in [0, 0.1) is 11.7 Å². The molecular formula is C32H27Cl2FN2O3. The Balaban J connectivity index is 1.24. The minimum absolute atomic E-state index is 0.00366. The molecule has 0 bridgehead atoms. The van der Waals surface area contributed by atoms with Crippen LogP contribution >= 0.6 is 23.2 Å². The standard InChI is InChI=1S/C32H27Cl2FN2O3/c33-27-7-4-8-28(34)30(27)26(17-20-5-2-1-3-6-20)31(38)21-18-29(36-19-21)32(39)37-23-11-15-25(16-12-23)40-24-13-9-22(35)10-14-24/h1-16,21,26,29,36H,17-19H2,(H,37,39)/t21-,26?,29+/m1/s1. The molecule has 0 aliphatic carbocycles. The molecule has 1 amide bonds. The number of anilines is 1. The van der Waals surface area contributed by atoms with Crippen molar-refractivity contribution in [3.8, 4) is 11.5 Å². The average Bonchev–Trinajstić information content (AvgIpc) is 3.46. The molecule has 1 saturated heterocycles. The van der Waals surface area contributed by atoms with Crippen molar-refractivity contribution in [3.63, 3.8) is 0 Å². The fraction of sp³-hybridized carbons (Fsp3) is 0.188. The Kier molecular flexibility index (Phi) is 8.80. The molecule has 204 valence electrons. The molecule has 40 heavy (non-hydrogen) atoms. The van der Waals surface area contributed by atoms with E-state index in [1.54, 1.807) is 54.6 Å². The molecule has 0 saturated carbocycles. The van der Waals surface area contributed by atoms with Crippen molar-refractivity contribution >= 4 is 40.6 Å². The molecule has 1 aliphatic rings. The fourth-order valence-electron chi connectivity index (χ4n) is 4.95. The summed E-state index contributed by atoms with van der Waals surface area (Å²) < 4.78 is 18.8. The average molecular weight is 577 g/mol. The monoisotopic (exact) mass is 576 g/mol. The maximum atomic E-state index is 13.9. The van der Waals surface area contributed by atoms with Gasteiger partial charge < -0.3 is 15.4 Å². The van der Waals surface area contributed by atoms with Gasteiger partial charge in [0.2, 0.25) is 5.91 Å². The van der Waals surface area contributed by atoms with E-state index in [2.05, 4.69) is 10.6 Å². The molecule has 1 aliphatic heterocycles. The summed E-state index contributed by atoms with van der Waals surface area (Å²) in [5, 5.41) is 7.01. The van der Waals surface area contributed by atoms with E-state index in [1.807, 2.05) is 30.3 Å². The lowest BCUT2D eigenvalue weighted by molar-refractivity contribution is -0.123. The number of rotatable bonds is 9. The Hall–Kier alpha value is -3.71. The van der Waals surface area contributed by atoms with Crippen LogP contribution in [0.3, 0.4) is 0 Å². The molecule has 4 aromatic carbocycles. The van der Waals surface area contributed by atoms with Crippen LogP contribution in [0.5, 0.6) is 11.5 Å². The van der Waals surface area contributed by atoms with Crippen molar-refractivity contribution < 1.29 is 18.7 Å². The first-order valence-corrected chi connectivity index (χ1v) is 13.7. The third kappa shape index (κ3) is 6.70. The Labute approximate surface area is 242 Å². The van der Waals surface area contributed by atoms with Crippen molar-refractivity contribution in [1.29, 1.82) is 0 Å². The number of amides is 1. The van der Waals surface area contributed by atoms with E-state index in [0.717, 1.165) is 5.56 Å². The van der Waals surface area contributed by atoms with Gasteiger partial charge in [0.25, 0.3) is 0 Å². The molecule has 3 atom stereocenters. The Bertz CT molecular complexity index is 1460. The molecule has 2 N–H and O–H groups in total. The van der Waals surface area contributed by atoms with Gasteiger partial charge in [-0.25, -0.2) is 4.39 Å². The second-order valence-corrected chi connectivity index (χ2v) is 10.6. The summed E-state index contributed by atoms with van der Waals surface area (Å²) in [6.45, 7) is 0.384. The highest BCUT2D eigenvalue weighted by Gasteiger charge is 2.38. The molecule has 0 radical (unpaired) electrons. The molecule has 0 spiro atoms. The Morgan fingerprint density at radius 3 is 2.15 bits per heavy atom. The van der Waals surface area contributed by atoms with Crippen molar-refractivity contribution in [2.75, 3.05) is 11.9 Å². The zero-order chi connectivity index (χ0) is 28.1. The van der Waals surface area contributed by atoms with Gasteiger partial charge in [0.05, 0.1) is 6.04 Å². The quantitative estimate of drug-likeness (QED) is 0.217. The van der Waals surface area contributed by atoms with Crippen LogP contribution in [0.1, 0.15) is 23.5 Å². The normalized spacial score (nSPS) is 17.3. The van der Waals surface area contributed by atoms with Crippen LogP contribution in [-0.2, 0) is 16.0 Å². The highest BCUT2D eigenvalue weighted by atomic mass is 35.5. The van der Waals surface area contributed by atoms with Gasteiger partial charge in [0, 0.05) is 39.7 Å². The van der Waals surface area contributed by atoms with Crippen LogP contribution in [0.25, 0.3) is 0 Å². The molecule has 5 rings (SSSR count). The lowest BCUT2D eigenvalue weighted by Crippen LogP contribution is -2.35. The molecule has 1 unspecified atom stereocenters. The van der Waals surface area contributed by atoms with E-state index in [9.17, 15) is 14.0 Å².